The van der Waals surface area contributed by atoms with Crippen LogP contribution in [0.15, 0.2) is 12.1 Å². The van der Waals surface area contributed by atoms with E-state index in [0.29, 0.717) is 17.5 Å². The number of halogens is 4. The smallest absolute Gasteiger partial charge is 0.251 e. The number of carbonyl (C=O) groups excluding carboxylic acids is 1. The van der Waals surface area contributed by atoms with Gasteiger partial charge in [0.25, 0.3) is 5.91 Å². The Balaban J connectivity index is 2.93. The van der Waals surface area contributed by atoms with Gasteiger partial charge in [0, 0.05) is 16.9 Å². The summed E-state index contributed by atoms with van der Waals surface area (Å²) in [7, 11) is 0. The standard InChI is InChI=1S/C10H9BrF3NO/c1-5(4-11)15-10(16)6-2-7(12)9(14)8(13)3-6/h2-3,5H,4H2,1H3,(H,15,16). The molecule has 88 valence electrons. The van der Waals surface area contributed by atoms with E-state index in [1.807, 2.05) is 0 Å². The average Bonchev–Trinajstić information content (AvgIpc) is 2.24. The van der Waals surface area contributed by atoms with E-state index in [1.54, 1.807) is 6.92 Å². The largest absolute Gasteiger partial charge is 0.349 e. The van der Waals surface area contributed by atoms with Crippen molar-refractivity contribution >= 4 is 21.8 Å². The average molecular weight is 296 g/mol. The van der Waals surface area contributed by atoms with Gasteiger partial charge in [0.1, 0.15) is 0 Å². The van der Waals surface area contributed by atoms with Crippen LogP contribution in [0.4, 0.5) is 13.2 Å². The van der Waals surface area contributed by atoms with Gasteiger partial charge in [-0.1, -0.05) is 15.9 Å². The second kappa shape index (κ2) is 5.34. The first-order valence-corrected chi connectivity index (χ1v) is 5.59. The predicted molar refractivity (Wildman–Crippen MR) is 57.0 cm³/mol. The Hall–Kier alpha value is -1.04. The summed E-state index contributed by atoms with van der Waals surface area (Å²) in [5.41, 5.74) is -0.246. The third-order valence-electron chi connectivity index (χ3n) is 1.85. The Morgan fingerprint density at radius 1 is 1.38 bits per heavy atom. The first-order chi connectivity index (χ1) is 7.45. The van der Waals surface area contributed by atoms with E-state index in [-0.39, 0.29) is 11.6 Å². The molecule has 1 rings (SSSR count). The molecule has 16 heavy (non-hydrogen) atoms. The van der Waals surface area contributed by atoms with E-state index in [4.69, 9.17) is 0 Å². The van der Waals surface area contributed by atoms with E-state index in [2.05, 4.69) is 21.2 Å². The minimum absolute atomic E-state index is 0.191. The van der Waals surface area contributed by atoms with Crippen molar-refractivity contribution in [3.05, 3.63) is 35.1 Å². The zero-order chi connectivity index (χ0) is 12.3. The normalized spacial score (nSPS) is 12.3. The molecule has 0 aliphatic heterocycles. The molecule has 1 unspecified atom stereocenters. The van der Waals surface area contributed by atoms with Crippen LogP contribution in [0, 0.1) is 17.5 Å². The molecule has 1 aromatic rings. The fourth-order valence-electron chi connectivity index (χ4n) is 1.03. The van der Waals surface area contributed by atoms with E-state index in [1.165, 1.54) is 0 Å². The highest BCUT2D eigenvalue weighted by atomic mass is 79.9. The fraction of sp³-hybridized carbons (Fsp3) is 0.300. The Morgan fingerprint density at radius 2 is 1.88 bits per heavy atom. The lowest BCUT2D eigenvalue weighted by Crippen LogP contribution is -2.33. The van der Waals surface area contributed by atoms with Crippen molar-refractivity contribution in [3.8, 4) is 0 Å². The Labute approximate surface area is 99.0 Å². The highest BCUT2D eigenvalue weighted by Gasteiger charge is 2.15. The highest BCUT2D eigenvalue weighted by molar-refractivity contribution is 9.09. The summed E-state index contributed by atoms with van der Waals surface area (Å²) < 4.78 is 38.2. The van der Waals surface area contributed by atoms with E-state index in [0.717, 1.165) is 0 Å². The number of hydrogen-bond donors (Lipinski definition) is 1. The maximum Gasteiger partial charge on any atom is 0.251 e. The van der Waals surface area contributed by atoms with Gasteiger partial charge in [-0.3, -0.25) is 4.79 Å². The van der Waals surface area contributed by atoms with Crippen LogP contribution in [0.1, 0.15) is 17.3 Å². The number of nitrogens with one attached hydrogen (secondary N) is 1. The molecule has 2 nitrogen and oxygen atoms in total. The Morgan fingerprint density at radius 3 is 2.31 bits per heavy atom. The lowest BCUT2D eigenvalue weighted by Gasteiger charge is -2.10. The Kier molecular flexibility index (Phi) is 4.35. The van der Waals surface area contributed by atoms with Gasteiger partial charge in [0.15, 0.2) is 17.5 Å². The minimum Gasteiger partial charge on any atom is -0.349 e. The molecule has 0 aliphatic carbocycles. The van der Waals surface area contributed by atoms with E-state index >= 15 is 0 Å². The van der Waals surface area contributed by atoms with Gasteiger partial charge < -0.3 is 5.32 Å². The summed E-state index contributed by atoms with van der Waals surface area (Å²) in [6.45, 7) is 1.71. The SMILES string of the molecule is CC(CBr)NC(=O)c1cc(F)c(F)c(F)c1. The molecule has 1 N–H and O–H groups in total. The lowest BCUT2D eigenvalue weighted by molar-refractivity contribution is 0.0942. The number of benzene rings is 1. The predicted octanol–water partition coefficient (Wildman–Crippen LogP) is 2.62. The molecule has 1 aromatic carbocycles. The number of carbonyl (C=O) groups is 1. The lowest BCUT2D eigenvalue weighted by atomic mass is 10.2. The van der Waals surface area contributed by atoms with Crippen molar-refractivity contribution in [3.63, 3.8) is 0 Å². The summed E-state index contributed by atoms with van der Waals surface area (Å²) in [6.07, 6.45) is 0. The van der Waals surface area contributed by atoms with Crippen molar-refractivity contribution in [1.29, 1.82) is 0 Å². The van der Waals surface area contributed by atoms with Crippen molar-refractivity contribution in [1.82, 2.24) is 5.32 Å². The van der Waals surface area contributed by atoms with Gasteiger partial charge in [0.05, 0.1) is 0 Å². The summed E-state index contributed by atoms with van der Waals surface area (Å²) in [6, 6.07) is 1.13. The van der Waals surface area contributed by atoms with Crippen LogP contribution in [-0.2, 0) is 0 Å². The molecule has 0 aromatic heterocycles. The zero-order valence-corrected chi connectivity index (χ0v) is 9.95. The van der Waals surface area contributed by atoms with Gasteiger partial charge in [-0.25, -0.2) is 13.2 Å². The van der Waals surface area contributed by atoms with Crippen molar-refractivity contribution in [2.45, 2.75) is 13.0 Å². The molecule has 0 saturated heterocycles. The maximum atomic E-state index is 12.8. The third kappa shape index (κ3) is 2.98. The van der Waals surface area contributed by atoms with Gasteiger partial charge in [-0.15, -0.1) is 0 Å². The number of alkyl halides is 1. The van der Waals surface area contributed by atoms with Crippen LogP contribution >= 0.6 is 15.9 Å². The number of amides is 1. The summed E-state index contributed by atoms with van der Waals surface area (Å²) in [5, 5.41) is 2.98. The molecule has 0 radical (unpaired) electrons. The van der Waals surface area contributed by atoms with E-state index in [9.17, 15) is 18.0 Å². The molecule has 0 fully saturated rings. The molecule has 0 heterocycles. The van der Waals surface area contributed by atoms with Gasteiger partial charge in [-0.2, -0.15) is 0 Å². The van der Waals surface area contributed by atoms with Gasteiger partial charge >= 0.3 is 0 Å². The summed E-state index contributed by atoms with van der Waals surface area (Å²) >= 11 is 3.13. The van der Waals surface area contributed by atoms with Crippen molar-refractivity contribution in [2.24, 2.45) is 0 Å². The first-order valence-electron chi connectivity index (χ1n) is 4.47. The molecule has 6 heteroatoms. The van der Waals surface area contributed by atoms with Crippen LogP contribution in [0.2, 0.25) is 0 Å². The topological polar surface area (TPSA) is 29.1 Å². The van der Waals surface area contributed by atoms with Crippen LogP contribution in [0.3, 0.4) is 0 Å². The fourth-order valence-corrected chi connectivity index (χ4v) is 1.19. The van der Waals surface area contributed by atoms with Crippen LogP contribution in [-0.4, -0.2) is 17.3 Å². The summed E-state index contributed by atoms with van der Waals surface area (Å²) in [5.74, 6) is -4.98. The second-order valence-corrected chi connectivity index (χ2v) is 3.93. The van der Waals surface area contributed by atoms with Crippen molar-refractivity contribution in [2.75, 3.05) is 5.33 Å². The van der Waals surface area contributed by atoms with Gasteiger partial charge in [0.2, 0.25) is 0 Å². The quantitative estimate of drug-likeness (QED) is 0.674. The third-order valence-corrected chi connectivity index (χ3v) is 2.83. The maximum absolute atomic E-state index is 12.8. The molecule has 0 bridgehead atoms. The minimum atomic E-state index is -1.58. The molecular formula is C10H9BrF3NO. The molecule has 1 atom stereocenters. The molecular weight excluding hydrogens is 287 g/mol. The summed E-state index contributed by atoms with van der Waals surface area (Å²) in [4.78, 5) is 11.4. The van der Waals surface area contributed by atoms with E-state index < -0.39 is 23.4 Å². The zero-order valence-electron chi connectivity index (χ0n) is 8.36. The van der Waals surface area contributed by atoms with Crippen LogP contribution < -0.4 is 5.32 Å². The molecule has 0 saturated carbocycles. The first kappa shape index (κ1) is 13.0. The number of rotatable bonds is 3. The Bertz CT molecular complexity index is 388. The van der Waals surface area contributed by atoms with Crippen LogP contribution in [0.5, 0.6) is 0 Å². The number of hydrogen-bond acceptors (Lipinski definition) is 1. The van der Waals surface area contributed by atoms with Gasteiger partial charge in [-0.05, 0) is 19.1 Å². The molecule has 0 aliphatic rings. The molecule has 1 amide bonds. The second-order valence-electron chi connectivity index (χ2n) is 3.28. The van der Waals surface area contributed by atoms with Crippen molar-refractivity contribution < 1.29 is 18.0 Å². The highest BCUT2D eigenvalue weighted by Crippen LogP contribution is 2.13. The monoisotopic (exact) mass is 295 g/mol. The van der Waals surface area contributed by atoms with Crippen LogP contribution in [0.25, 0.3) is 0 Å². The molecule has 0 spiro atoms.